The van der Waals surface area contributed by atoms with Gasteiger partial charge in [0, 0.05) is 0 Å². The van der Waals surface area contributed by atoms with Gasteiger partial charge in [0.2, 0.25) is 0 Å². The Kier molecular flexibility index (Phi) is 4.35. The molecule has 0 saturated carbocycles. The van der Waals surface area contributed by atoms with Crippen LogP contribution in [0.25, 0.3) is 12.2 Å². The van der Waals surface area contributed by atoms with E-state index in [9.17, 15) is 0 Å². The Balaban J connectivity index is 0.000000960. The summed E-state index contributed by atoms with van der Waals surface area (Å²) >= 11 is 0. The molecule has 2 aromatic rings. The van der Waals surface area contributed by atoms with Crippen LogP contribution in [0, 0.1) is 0 Å². The molecule has 2 aliphatic rings. The third-order valence-corrected chi connectivity index (χ3v) is 9.41. The van der Waals surface area contributed by atoms with Gasteiger partial charge in [0.15, 0.2) is 0 Å². The minimum Gasteiger partial charge on any atom is -1.00 e. The van der Waals surface area contributed by atoms with Crippen LogP contribution in [0.2, 0.25) is 13.1 Å². The quantitative estimate of drug-likeness (QED) is 0.748. The van der Waals surface area contributed by atoms with E-state index in [1.54, 1.807) is 0 Å². The minimum atomic E-state index is -1.51. The molecular weight excluding hydrogens is 291 g/mol. The first kappa shape index (κ1) is 16.0. The number of rotatable bonds is 2. The molecule has 2 unspecified atom stereocenters. The van der Waals surface area contributed by atoms with Gasteiger partial charge < -0.3 is 1.43 Å². The van der Waals surface area contributed by atoms with E-state index in [1.807, 2.05) is 0 Å². The number of allylic oxidation sites excluding steroid dienone is 2. The van der Waals surface area contributed by atoms with Gasteiger partial charge in [-0.2, -0.15) is 0 Å². The van der Waals surface area contributed by atoms with Crippen LogP contribution in [0.5, 0.6) is 0 Å². The van der Waals surface area contributed by atoms with Gasteiger partial charge in [0.25, 0.3) is 0 Å². The van der Waals surface area contributed by atoms with Crippen molar-refractivity contribution in [2.75, 3.05) is 0 Å². The average Bonchev–Trinajstić information content (AvgIpc) is 3.12. The number of hydrogen-bond donors (Lipinski definition) is 0. The fourth-order valence-corrected chi connectivity index (χ4v) is 7.69. The third-order valence-electron chi connectivity index (χ3n) is 5.20. The maximum atomic E-state index is 2.54. The molecule has 0 spiro atoms. The Morgan fingerprint density at radius 1 is 0.727 bits per heavy atom. The van der Waals surface area contributed by atoms with Crippen molar-refractivity contribution in [1.82, 2.24) is 0 Å². The first-order valence-corrected chi connectivity index (χ1v) is 10.9. The summed E-state index contributed by atoms with van der Waals surface area (Å²) in [7, 11) is -1.51. The number of fused-ring (bicyclic) bond motifs is 2. The van der Waals surface area contributed by atoms with E-state index in [0.717, 1.165) is 0 Å². The molecule has 0 saturated heterocycles. The fraction of sp³-hybridized carbons (Fsp3) is 0.200. The summed E-state index contributed by atoms with van der Waals surface area (Å²) in [4.78, 5) is 0. The van der Waals surface area contributed by atoms with E-state index in [0.29, 0.717) is 11.1 Å². The zero-order valence-electron chi connectivity index (χ0n) is 14.6. The van der Waals surface area contributed by atoms with Crippen LogP contribution in [-0.2, 0) is 0 Å². The molecule has 0 bridgehead atoms. The SMILES string of the molecule is C[Si](C)(C1C=Cc2ccccc21)C1C=Cc2ccccc21.[H-].[Na+]. The molecule has 0 aromatic heterocycles. The van der Waals surface area contributed by atoms with Gasteiger partial charge in [-0.05, 0) is 33.3 Å². The zero-order chi connectivity index (χ0) is 14.4. The standard InChI is InChI=1S/C20H20Si.Na.H/c1-21(2,19-13-11-15-7-3-5-9-17(15)19)20-14-12-16-8-4-6-10-18(16)20;;/h3-14,19-20H,1-2H3;;/q;+1;-1. The van der Waals surface area contributed by atoms with Crippen LogP contribution in [0.4, 0.5) is 0 Å². The molecule has 4 rings (SSSR count). The smallest absolute Gasteiger partial charge is 1.00 e. The van der Waals surface area contributed by atoms with Crippen molar-refractivity contribution in [3.05, 3.63) is 82.9 Å². The second-order valence-electron chi connectivity index (χ2n) is 6.75. The maximum absolute atomic E-state index is 2.54. The van der Waals surface area contributed by atoms with E-state index in [-0.39, 0.29) is 31.0 Å². The predicted molar refractivity (Wildman–Crippen MR) is 95.0 cm³/mol. The average molecular weight is 312 g/mol. The van der Waals surface area contributed by atoms with Gasteiger partial charge in [-0.1, -0.05) is 85.9 Å². The molecule has 2 heteroatoms. The maximum Gasteiger partial charge on any atom is 1.00 e. The van der Waals surface area contributed by atoms with Crippen LogP contribution in [0.15, 0.2) is 60.7 Å². The van der Waals surface area contributed by atoms with Crippen molar-refractivity contribution in [2.45, 2.75) is 24.2 Å². The van der Waals surface area contributed by atoms with E-state index in [2.05, 4.69) is 85.9 Å². The van der Waals surface area contributed by atoms with Crippen LogP contribution in [0.1, 0.15) is 34.8 Å². The van der Waals surface area contributed by atoms with Crippen LogP contribution < -0.4 is 29.6 Å². The molecule has 22 heavy (non-hydrogen) atoms. The summed E-state index contributed by atoms with van der Waals surface area (Å²) < 4.78 is 0. The summed E-state index contributed by atoms with van der Waals surface area (Å²) in [6, 6.07) is 17.8. The molecule has 0 fully saturated rings. The first-order chi connectivity index (χ1) is 10.2. The van der Waals surface area contributed by atoms with E-state index < -0.39 is 8.07 Å². The summed E-state index contributed by atoms with van der Waals surface area (Å²) in [5.41, 5.74) is 7.14. The van der Waals surface area contributed by atoms with Crippen LogP contribution in [0.3, 0.4) is 0 Å². The van der Waals surface area contributed by atoms with Gasteiger partial charge in [0.05, 0.1) is 8.07 Å². The monoisotopic (exact) mass is 312 g/mol. The molecule has 0 N–H and O–H groups in total. The molecule has 2 aliphatic carbocycles. The topological polar surface area (TPSA) is 0 Å². The Labute approximate surface area is 157 Å². The normalized spacial score (nSPS) is 21.4. The second-order valence-corrected chi connectivity index (χ2v) is 11.6. The van der Waals surface area contributed by atoms with Crippen LogP contribution in [-0.4, -0.2) is 8.07 Å². The summed E-state index contributed by atoms with van der Waals surface area (Å²) in [5.74, 6) is 0. The van der Waals surface area contributed by atoms with Crippen molar-refractivity contribution in [3.63, 3.8) is 0 Å². The van der Waals surface area contributed by atoms with E-state index >= 15 is 0 Å². The van der Waals surface area contributed by atoms with E-state index in [4.69, 9.17) is 0 Å². The Morgan fingerprint density at radius 2 is 1.14 bits per heavy atom. The molecule has 0 nitrogen and oxygen atoms in total. The number of hydrogen-bond acceptors (Lipinski definition) is 0. The molecule has 106 valence electrons. The summed E-state index contributed by atoms with van der Waals surface area (Å²) in [5, 5.41) is 0. The van der Waals surface area contributed by atoms with Crippen molar-refractivity contribution in [3.8, 4) is 0 Å². The van der Waals surface area contributed by atoms with Gasteiger partial charge in [-0.15, -0.1) is 0 Å². The molecule has 2 aromatic carbocycles. The summed E-state index contributed by atoms with van der Waals surface area (Å²) in [6.45, 7) is 5.09. The van der Waals surface area contributed by atoms with Gasteiger partial charge in [-0.3, -0.25) is 0 Å². The van der Waals surface area contributed by atoms with Crippen molar-refractivity contribution in [1.29, 1.82) is 0 Å². The largest absolute Gasteiger partial charge is 1.00 e. The van der Waals surface area contributed by atoms with Gasteiger partial charge in [-0.25, -0.2) is 0 Å². The predicted octanol–water partition coefficient (Wildman–Crippen LogP) is 2.51. The Bertz CT molecular complexity index is 700. The van der Waals surface area contributed by atoms with Gasteiger partial charge in [0.1, 0.15) is 0 Å². The first-order valence-electron chi connectivity index (χ1n) is 7.72. The fourth-order valence-electron chi connectivity index (χ4n) is 3.99. The zero-order valence-corrected chi connectivity index (χ0v) is 16.6. The minimum absolute atomic E-state index is 0. The molecule has 2 atom stereocenters. The Hall–Kier alpha value is -0.863. The van der Waals surface area contributed by atoms with Crippen molar-refractivity contribution < 1.29 is 31.0 Å². The second kappa shape index (κ2) is 5.97. The van der Waals surface area contributed by atoms with Crippen molar-refractivity contribution >= 4 is 20.2 Å². The molecule has 0 heterocycles. The third kappa shape index (κ3) is 2.41. The van der Waals surface area contributed by atoms with Crippen molar-refractivity contribution in [2.24, 2.45) is 0 Å². The number of benzene rings is 2. The van der Waals surface area contributed by atoms with Crippen LogP contribution >= 0.6 is 0 Å². The van der Waals surface area contributed by atoms with E-state index in [1.165, 1.54) is 22.3 Å². The van der Waals surface area contributed by atoms with Gasteiger partial charge >= 0.3 is 29.6 Å². The molecular formula is C20H21NaSi. The molecule has 0 aliphatic heterocycles. The molecule has 0 radical (unpaired) electrons. The Morgan fingerprint density at radius 3 is 1.59 bits per heavy atom. The summed E-state index contributed by atoms with van der Waals surface area (Å²) in [6.07, 6.45) is 9.54. The molecule has 0 amide bonds.